The molecule has 0 radical (unpaired) electrons. The molecule has 0 saturated heterocycles. The Morgan fingerprint density at radius 1 is 1.24 bits per heavy atom. The van der Waals surface area contributed by atoms with Gasteiger partial charge in [0.2, 0.25) is 0 Å². The van der Waals surface area contributed by atoms with Crippen LogP contribution in [0.3, 0.4) is 0 Å². The highest BCUT2D eigenvalue weighted by Gasteiger charge is 2.34. The van der Waals surface area contributed by atoms with Crippen molar-refractivity contribution in [1.29, 1.82) is 0 Å². The zero-order valence-electron chi connectivity index (χ0n) is 19.2. The molecule has 0 fully saturated rings. The minimum Gasteiger partial charge on any atom is -0.477 e. The molecule has 3 heterocycles. The number of aromatic nitrogens is 3. The summed E-state index contributed by atoms with van der Waals surface area (Å²) in [5, 5.41) is 23.7. The van der Waals surface area contributed by atoms with E-state index in [2.05, 4.69) is 10.1 Å². The van der Waals surface area contributed by atoms with Gasteiger partial charge in [0, 0.05) is 30.8 Å². The summed E-state index contributed by atoms with van der Waals surface area (Å²) < 4.78 is 6.85. The molecule has 2 amide bonds. The zero-order valence-corrected chi connectivity index (χ0v) is 19.2. The lowest BCUT2D eigenvalue weighted by atomic mass is 10.00. The third kappa shape index (κ3) is 5.79. The summed E-state index contributed by atoms with van der Waals surface area (Å²) in [6, 6.07) is 5.06. The molecule has 2 aromatic rings. The molecule has 0 aliphatic carbocycles. The van der Waals surface area contributed by atoms with Crippen LogP contribution in [0.15, 0.2) is 24.4 Å². The van der Waals surface area contributed by atoms with E-state index in [4.69, 9.17) is 4.74 Å². The summed E-state index contributed by atoms with van der Waals surface area (Å²) in [7, 11) is 0. The predicted molar refractivity (Wildman–Crippen MR) is 117 cm³/mol. The van der Waals surface area contributed by atoms with Crippen LogP contribution >= 0.6 is 0 Å². The molecule has 0 saturated carbocycles. The molecule has 11 nitrogen and oxygen atoms in total. The van der Waals surface area contributed by atoms with E-state index in [1.807, 2.05) is 6.07 Å². The SMILES string of the molecule is CC1Cc2nn(CCN(Cc3ccccn3)C(=O)OC(C)(C)C)c(C(=O)O)c2CN1C(=O)O. The normalized spacial score (nSPS) is 15.6. The van der Waals surface area contributed by atoms with Gasteiger partial charge in [-0.2, -0.15) is 5.10 Å². The molecule has 0 bridgehead atoms. The molecule has 11 heteroatoms. The Labute approximate surface area is 191 Å². The molecule has 1 unspecified atom stereocenters. The molecule has 1 atom stereocenters. The van der Waals surface area contributed by atoms with Gasteiger partial charge >= 0.3 is 18.2 Å². The number of hydrogen-bond acceptors (Lipinski definition) is 6. The quantitative estimate of drug-likeness (QED) is 0.672. The lowest BCUT2D eigenvalue weighted by Crippen LogP contribution is -2.42. The number of rotatable bonds is 6. The van der Waals surface area contributed by atoms with Crippen molar-refractivity contribution in [1.82, 2.24) is 24.6 Å². The summed E-state index contributed by atoms with van der Waals surface area (Å²) >= 11 is 0. The van der Waals surface area contributed by atoms with E-state index in [9.17, 15) is 24.6 Å². The van der Waals surface area contributed by atoms with Gasteiger partial charge in [0.1, 0.15) is 5.60 Å². The number of carbonyl (C=O) groups is 3. The van der Waals surface area contributed by atoms with Crippen LogP contribution in [0.5, 0.6) is 0 Å². The third-order valence-electron chi connectivity index (χ3n) is 5.24. The van der Waals surface area contributed by atoms with Gasteiger partial charge in [-0.1, -0.05) is 6.07 Å². The second-order valence-corrected chi connectivity index (χ2v) is 8.99. The number of carboxylic acids is 1. The highest BCUT2D eigenvalue weighted by molar-refractivity contribution is 5.88. The minimum atomic E-state index is -1.20. The smallest absolute Gasteiger partial charge is 0.410 e. The molecule has 1 aliphatic rings. The fourth-order valence-corrected chi connectivity index (χ4v) is 3.72. The van der Waals surface area contributed by atoms with E-state index in [0.29, 0.717) is 23.4 Å². The van der Waals surface area contributed by atoms with Crippen LogP contribution in [0.25, 0.3) is 0 Å². The molecule has 178 valence electrons. The Morgan fingerprint density at radius 2 is 1.97 bits per heavy atom. The number of amides is 2. The molecular weight excluding hydrogens is 430 g/mol. The molecule has 2 N–H and O–H groups in total. The Morgan fingerprint density at radius 3 is 2.55 bits per heavy atom. The van der Waals surface area contributed by atoms with E-state index in [1.165, 1.54) is 14.5 Å². The van der Waals surface area contributed by atoms with Crippen LogP contribution in [0.1, 0.15) is 55.1 Å². The molecule has 33 heavy (non-hydrogen) atoms. The van der Waals surface area contributed by atoms with E-state index in [1.54, 1.807) is 46.0 Å². The second-order valence-electron chi connectivity index (χ2n) is 8.99. The first-order chi connectivity index (χ1) is 15.5. The van der Waals surface area contributed by atoms with Gasteiger partial charge in [0.25, 0.3) is 0 Å². The second kappa shape index (κ2) is 9.47. The third-order valence-corrected chi connectivity index (χ3v) is 5.24. The molecule has 1 aliphatic heterocycles. The predicted octanol–water partition coefficient (Wildman–Crippen LogP) is 2.84. The molecule has 2 aromatic heterocycles. The van der Waals surface area contributed by atoms with Gasteiger partial charge in [0.15, 0.2) is 5.69 Å². The summed E-state index contributed by atoms with van der Waals surface area (Å²) in [6.07, 6.45) is 0.289. The van der Waals surface area contributed by atoms with E-state index >= 15 is 0 Å². The fourth-order valence-electron chi connectivity index (χ4n) is 3.72. The lowest BCUT2D eigenvalue weighted by Gasteiger charge is -2.30. The Balaban J connectivity index is 1.85. The first kappa shape index (κ1) is 24.0. The van der Waals surface area contributed by atoms with Crippen LogP contribution < -0.4 is 0 Å². The fraction of sp³-hybridized carbons (Fsp3) is 0.500. The minimum absolute atomic E-state index is 0.0445. The monoisotopic (exact) mass is 459 g/mol. The number of carbonyl (C=O) groups excluding carboxylic acids is 1. The maximum absolute atomic E-state index is 12.8. The standard InChI is InChI=1S/C22H29N5O6/c1-14-11-17-16(13-26(14)20(30)31)18(19(28)29)27(24-17)10-9-25(21(32)33-22(2,3)4)12-15-7-5-6-8-23-15/h5-8,14H,9-13H2,1-4H3,(H,28,29)(H,30,31). The van der Waals surface area contributed by atoms with Crippen molar-refractivity contribution in [2.24, 2.45) is 0 Å². The van der Waals surface area contributed by atoms with Crippen molar-refractivity contribution in [3.63, 3.8) is 0 Å². The van der Waals surface area contributed by atoms with Gasteiger partial charge in [-0.3, -0.25) is 9.67 Å². The number of ether oxygens (including phenoxy) is 1. The van der Waals surface area contributed by atoms with E-state index < -0.39 is 23.8 Å². The summed E-state index contributed by atoms with van der Waals surface area (Å²) in [4.78, 5) is 43.3. The Bertz CT molecular complexity index is 1030. The number of aromatic carboxylic acids is 1. The van der Waals surface area contributed by atoms with E-state index in [-0.39, 0.29) is 37.9 Å². The average Bonchev–Trinajstić information content (AvgIpc) is 3.06. The number of nitrogens with zero attached hydrogens (tertiary/aromatic N) is 5. The average molecular weight is 460 g/mol. The van der Waals surface area contributed by atoms with Gasteiger partial charge in [-0.05, 0) is 39.8 Å². The summed E-state index contributed by atoms with van der Waals surface area (Å²) in [6.45, 7) is 7.43. The molecule has 3 rings (SSSR count). The van der Waals surface area contributed by atoms with Crippen LogP contribution in [0, 0.1) is 0 Å². The van der Waals surface area contributed by atoms with Gasteiger partial charge in [-0.25, -0.2) is 14.4 Å². The zero-order chi connectivity index (χ0) is 24.3. The molecular formula is C22H29N5O6. The van der Waals surface area contributed by atoms with E-state index in [0.717, 1.165) is 0 Å². The Hall–Kier alpha value is -3.63. The van der Waals surface area contributed by atoms with Gasteiger partial charge in [0.05, 0.1) is 31.0 Å². The van der Waals surface area contributed by atoms with Crippen molar-refractivity contribution >= 4 is 18.2 Å². The highest BCUT2D eigenvalue weighted by atomic mass is 16.6. The van der Waals surface area contributed by atoms with Crippen molar-refractivity contribution < 1.29 is 29.3 Å². The first-order valence-corrected chi connectivity index (χ1v) is 10.7. The van der Waals surface area contributed by atoms with Crippen LogP contribution in [-0.4, -0.2) is 71.1 Å². The Kier molecular flexibility index (Phi) is 6.89. The number of pyridine rings is 1. The van der Waals surface area contributed by atoms with Crippen molar-refractivity contribution in [2.75, 3.05) is 6.54 Å². The maximum Gasteiger partial charge on any atom is 0.410 e. The topological polar surface area (TPSA) is 138 Å². The number of carboxylic acid groups (broad SMARTS) is 2. The van der Waals surface area contributed by atoms with Crippen LogP contribution in [0.2, 0.25) is 0 Å². The van der Waals surface area contributed by atoms with Gasteiger partial charge < -0.3 is 24.7 Å². The van der Waals surface area contributed by atoms with Crippen LogP contribution in [-0.2, 0) is 30.8 Å². The van der Waals surface area contributed by atoms with Crippen molar-refractivity contribution in [3.05, 3.63) is 47.0 Å². The van der Waals surface area contributed by atoms with Crippen LogP contribution in [0.4, 0.5) is 9.59 Å². The molecule has 0 aromatic carbocycles. The first-order valence-electron chi connectivity index (χ1n) is 10.7. The lowest BCUT2D eigenvalue weighted by molar-refractivity contribution is 0.0222. The number of fused-ring (bicyclic) bond motifs is 1. The van der Waals surface area contributed by atoms with Crippen molar-refractivity contribution in [3.8, 4) is 0 Å². The summed E-state index contributed by atoms with van der Waals surface area (Å²) in [5.74, 6) is -1.20. The number of hydrogen-bond donors (Lipinski definition) is 2. The van der Waals surface area contributed by atoms with Crippen molar-refractivity contribution in [2.45, 2.75) is 65.4 Å². The van der Waals surface area contributed by atoms with Gasteiger partial charge in [-0.15, -0.1) is 0 Å². The summed E-state index contributed by atoms with van der Waals surface area (Å²) in [5.41, 5.74) is 0.840. The largest absolute Gasteiger partial charge is 0.477 e. The highest BCUT2D eigenvalue weighted by Crippen LogP contribution is 2.26. The maximum atomic E-state index is 12.8. The molecule has 0 spiro atoms.